The van der Waals surface area contributed by atoms with Crippen LogP contribution in [0.3, 0.4) is 0 Å². The fraction of sp³-hybridized carbons (Fsp3) is 0.364. The predicted octanol–water partition coefficient (Wildman–Crippen LogP) is 2.82. The minimum atomic E-state index is 0.984. The summed E-state index contributed by atoms with van der Waals surface area (Å²) in [6, 6.07) is 6.28. The van der Waals surface area contributed by atoms with Crippen molar-refractivity contribution in [2.75, 3.05) is 14.1 Å². The molecular weight excluding hydrogens is 192 g/mol. The SMILES string of the molecule is CCc1ccc(SN(C)C)cc1C=N. The molecule has 0 aromatic heterocycles. The molecule has 0 aliphatic rings. The number of hydrogen-bond acceptors (Lipinski definition) is 3. The maximum atomic E-state index is 7.32. The minimum Gasteiger partial charge on any atom is -0.308 e. The van der Waals surface area contributed by atoms with Crippen LogP contribution in [-0.4, -0.2) is 24.6 Å². The van der Waals surface area contributed by atoms with E-state index in [-0.39, 0.29) is 0 Å². The van der Waals surface area contributed by atoms with Gasteiger partial charge in [0, 0.05) is 11.1 Å². The maximum Gasteiger partial charge on any atom is 0.0253 e. The zero-order valence-electron chi connectivity index (χ0n) is 8.87. The van der Waals surface area contributed by atoms with Crippen molar-refractivity contribution in [3.8, 4) is 0 Å². The van der Waals surface area contributed by atoms with Gasteiger partial charge in [0.05, 0.1) is 0 Å². The molecule has 1 rings (SSSR count). The first-order valence-electron chi connectivity index (χ1n) is 4.66. The molecule has 14 heavy (non-hydrogen) atoms. The molecular formula is C11H16N2S. The van der Waals surface area contributed by atoms with Crippen LogP contribution < -0.4 is 0 Å². The van der Waals surface area contributed by atoms with Crippen LogP contribution >= 0.6 is 11.9 Å². The van der Waals surface area contributed by atoms with Gasteiger partial charge in [0.2, 0.25) is 0 Å². The summed E-state index contributed by atoms with van der Waals surface area (Å²) in [6.07, 6.45) is 2.41. The Morgan fingerprint density at radius 1 is 1.43 bits per heavy atom. The van der Waals surface area contributed by atoms with E-state index in [1.807, 2.05) is 14.1 Å². The lowest BCUT2D eigenvalue weighted by atomic mass is 10.1. The van der Waals surface area contributed by atoms with Crippen molar-refractivity contribution in [2.24, 2.45) is 0 Å². The normalized spacial score (nSPS) is 10.6. The van der Waals surface area contributed by atoms with Crippen molar-refractivity contribution < 1.29 is 0 Å². The van der Waals surface area contributed by atoms with Gasteiger partial charge in [-0.25, -0.2) is 0 Å². The van der Waals surface area contributed by atoms with E-state index in [1.165, 1.54) is 16.7 Å². The Morgan fingerprint density at radius 3 is 2.64 bits per heavy atom. The Morgan fingerprint density at radius 2 is 2.14 bits per heavy atom. The summed E-state index contributed by atoms with van der Waals surface area (Å²) in [6.45, 7) is 2.11. The number of benzene rings is 1. The van der Waals surface area contributed by atoms with Gasteiger partial charge >= 0.3 is 0 Å². The molecule has 0 atom stereocenters. The zero-order valence-corrected chi connectivity index (χ0v) is 9.69. The molecule has 2 nitrogen and oxygen atoms in total. The van der Waals surface area contributed by atoms with Gasteiger partial charge in [0.15, 0.2) is 0 Å². The summed E-state index contributed by atoms with van der Waals surface area (Å²) >= 11 is 1.68. The molecule has 0 amide bonds. The molecule has 0 radical (unpaired) electrons. The summed E-state index contributed by atoms with van der Waals surface area (Å²) in [7, 11) is 4.03. The van der Waals surface area contributed by atoms with Gasteiger partial charge in [0.25, 0.3) is 0 Å². The summed E-state index contributed by atoms with van der Waals surface area (Å²) in [5.74, 6) is 0. The lowest BCUT2D eigenvalue weighted by Crippen LogP contribution is -1.99. The smallest absolute Gasteiger partial charge is 0.0253 e. The third-order valence-corrected chi connectivity index (χ3v) is 2.77. The molecule has 0 fully saturated rings. The van der Waals surface area contributed by atoms with Crippen LogP contribution in [0.4, 0.5) is 0 Å². The summed E-state index contributed by atoms with van der Waals surface area (Å²) in [5, 5.41) is 7.32. The molecule has 1 N–H and O–H groups in total. The molecule has 0 aliphatic carbocycles. The van der Waals surface area contributed by atoms with Gasteiger partial charge < -0.3 is 5.41 Å². The average molecular weight is 208 g/mol. The molecule has 0 bridgehead atoms. The van der Waals surface area contributed by atoms with Crippen molar-refractivity contribution in [1.29, 1.82) is 5.41 Å². The first-order valence-corrected chi connectivity index (χ1v) is 5.43. The molecule has 0 saturated heterocycles. The molecule has 76 valence electrons. The van der Waals surface area contributed by atoms with Crippen LogP contribution in [0.15, 0.2) is 23.1 Å². The standard InChI is InChI=1S/C11H16N2S/c1-4-9-5-6-11(14-13(2)3)7-10(9)8-12/h5-8,12H,4H2,1-3H3. The average Bonchev–Trinajstić information content (AvgIpc) is 2.16. The number of nitrogens with one attached hydrogen (secondary N) is 1. The Bertz CT molecular complexity index is 321. The number of rotatable bonds is 4. The Hall–Kier alpha value is -0.800. The van der Waals surface area contributed by atoms with E-state index < -0.39 is 0 Å². The van der Waals surface area contributed by atoms with Crippen LogP contribution in [0.25, 0.3) is 0 Å². The van der Waals surface area contributed by atoms with Crippen molar-refractivity contribution in [2.45, 2.75) is 18.2 Å². The van der Waals surface area contributed by atoms with Gasteiger partial charge in [-0.05, 0) is 55.7 Å². The fourth-order valence-corrected chi connectivity index (χ4v) is 2.03. The van der Waals surface area contributed by atoms with Crippen LogP contribution in [0.1, 0.15) is 18.1 Å². The van der Waals surface area contributed by atoms with E-state index in [9.17, 15) is 0 Å². The number of nitrogens with zero attached hydrogens (tertiary/aromatic N) is 1. The largest absolute Gasteiger partial charge is 0.308 e. The second-order valence-electron chi connectivity index (χ2n) is 3.26. The minimum absolute atomic E-state index is 0.984. The van der Waals surface area contributed by atoms with E-state index in [0.29, 0.717) is 0 Å². The molecule has 3 heteroatoms. The van der Waals surface area contributed by atoms with Crippen molar-refractivity contribution in [3.05, 3.63) is 29.3 Å². The van der Waals surface area contributed by atoms with Crippen LogP contribution in [0.2, 0.25) is 0 Å². The third kappa shape index (κ3) is 2.86. The van der Waals surface area contributed by atoms with Crippen molar-refractivity contribution in [3.63, 3.8) is 0 Å². The summed E-state index contributed by atoms with van der Waals surface area (Å²) < 4.78 is 2.05. The van der Waals surface area contributed by atoms with Gasteiger partial charge in [0.1, 0.15) is 0 Å². The second-order valence-corrected chi connectivity index (χ2v) is 4.65. The van der Waals surface area contributed by atoms with Crippen molar-refractivity contribution >= 4 is 18.2 Å². The maximum absolute atomic E-state index is 7.32. The lowest BCUT2D eigenvalue weighted by molar-refractivity contribution is 0.702. The van der Waals surface area contributed by atoms with Gasteiger partial charge in [-0.2, -0.15) is 0 Å². The Labute approximate surface area is 90.0 Å². The Kier molecular flexibility index (Phi) is 4.17. The molecule has 0 spiro atoms. The summed E-state index contributed by atoms with van der Waals surface area (Å²) in [4.78, 5) is 1.19. The highest BCUT2D eigenvalue weighted by Crippen LogP contribution is 2.22. The zero-order chi connectivity index (χ0) is 10.6. The van der Waals surface area contributed by atoms with E-state index in [4.69, 9.17) is 5.41 Å². The molecule has 0 unspecified atom stereocenters. The van der Waals surface area contributed by atoms with Gasteiger partial charge in [-0.15, -0.1) is 0 Å². The first-order chi connectivity index (χ1) is 6.67. The topological polar surface area (TPSA) is 27.1 Å². The van der Waals surface area contributed by atoms with Crippen LogP contribution in [0.5, 0.6) is 0 Å². The Balaban J connectivity index is 2.95. The summed E-state index contributed by atoms with van der Waals surface area (Å²) in [5.41, 5.74) is 2.27. The van der Waals surface area contributed by atoms with Crippen LogP contribution in [0, 0.1) is 5.41 Å². The number of hydrogen-bond donors (Lipinski definition) is 1. The predicted molar refractivity (Wildman–Crippen MR) is 63.2 cm³/mol. The quantitative estimate of drug-likeness (QED) is 0.608. The highest BCUT2D eigenvalue weighted by molar-refractivity contribution is 7.97. The third-order valence-electron chi connectivity index (χ3n) is 1.94. The van der Waals surface area contributed by atoms with E-state index in [0.717, 1.165) is 12.0 Å². The molecule has 1 aromatic rings. The van der Waals surface area contributed by atoms with Gasteiger partial charge in [-0.1, -0.05) is 13.0 Å². The first kappa shape index (κ1) is 11.3. The van der Waals surface area contributed by atoms with E-state index in [1.54, 1.807) is 11.9 Å². The number of aryl methyl sites for hydroxylation is 1. The van der Waals surface area contributed by atoms with E-state index >= 15 is 0 Å². The highest BCUT2D eigenvalue weighted by Gasteiger charge is 2.01. The highest BCUT2D eigenvalue weighted by atomic mass is 32.2. The van der Waals surface area contributed by atoms with Crippen molar-refractivity contribution in [1.82, 2.24) is 4.31 Å². The molecule has 1 aromatic carbocycles. The molecule has 0 saturated carbocycles. The fourth-order valence-electron chi connectivity index (χ4n) is 1.30. The monoisotopic (exact) mass is 208 g/mol. The lowest BCUT2D eigenvalue weighted by Gasteiger charge is -2.10. The van der Waals surface area contributed by atoms with Crippen LogP contribution in [-0.2, 0) is 6.42 Å². The van der Waals surface area contributed by atoms with Gasteiger partial charge in [-0.3, -0.25) is 4.31 Å². The van der Waals surface area contributed by atoms with E-state index in [2.05, 4.69) is 29.4 Å². The second kappa shape index (κ2) is 5.17. The molecule has 0 heterocycles. The molecule has 0 aliphatic heterocycles.